The number of rotatable bonds is 72. The number of nitrogens with zero attached hydrogens (tertiary/aromatic N) is 1. The van der Waals surface area contributed by atoms with Crippen molar-refractivity contribution in [1.29, 1.82) is 0 Å². The predicted molar refractivity (Wildman–Crippen MR) is 356 cm³/mol. The summed E-state index contributed by atoms with van der Waals surface area (Å²) in [5, 5.41) is 0. The lowest BCUT2D eigenvalue weighted by atomic mass is 10.0. The molecule has 2 heteroatoms. The average molecular weight is 1160 g/mol. The zero-order valence-electron chi connectivity index (χ0n) is 55.7. The van der Waals surface area contributed by atoms with Crippen LogP contribution in [0.1, 0.15) is 464 Å². The second kappa shape index (κ2) is 73.5. The normalized spacial score (nSPS) is 11.8. The smallest absolute Gasteiger partial charge is 0.0786 e. The van der Waals surface area contributed by atoms with Crippen molar-refractivity contribution in [3.8, 4) is 0 Å². The lowest BCUT2D eigenvalue weighted by molar-refractivity contribution is -0.929. The number of hydrogen-bond acceptors (Lipinski definition) is 0. The molecule has 0 aliphatic rings. The van der Waals surface area contributed by atoms with Crippen LogP contribution < -0.4 is 17.0 Å². The first-order chi connectivity index (χ1) is 38.2. The first-order valence-corrected chi connectivity index (χ1v) is 38.1. The summed E-state index contributed by atoms with van der Waals surface area (Å²) in [5.41, 5.74) is 0. The Bertz CT molecular complexity index is 836. The Hall–Kier alpha value is 0.440. The standard InChI is InChI=1S/C76H156N.BrH/c1-5-9-13-17-21-25-29-33-37-41-45-49-53-57-61-65-69-73-77(74-70-66-62-58-54-50-46-42-38-34-30-26-22-18-14-10-6-2,75-71-67-63-59-55-51-47-43-39-35-31-27-23-19-15-11-7-3)76-72-68-64-60-56-52-48-44-40-36-32-28-24-20-16-12-8-4;/h5-76H2,1-4H3;1H/q+1;/p-1. The second-order valence-electron chi connectivity index (χ2n) is 26.9. The third-order valence-electron chi connectivity index (χ3n) is 18.9. The third kappa shape index (κ3) is 67.2. The summed E-state index contributed by atoms with van der Waals surface area (Å²) in [6, 6.07) is 0. The number of halogens is 1. The summed E-state index contributed by atoms with van der Waals surface area (Å²) < 4.78 is 1.50. The highest BCUT2D eigenvalue weighted by Crippen LogP contribution is 2.23. The van der Waals surface area contributed by atoms with E-state index in [-0.39, 0.29) is 17.0 Å². The molecule has 0 aromatic carbocycles. The van der Waals surface area contributed by atoms with Crippen LogP contribution in [0.25, 0.3) is 0 Å². The second-order valence-corrected chi connectivity index (χ2v) is 26.9. The molecule has 0 heterocycles. The van der Waals surface area contributed by atoms with E-state index in [1.807, 2.05) is 0 Å². The maximum absolute atomic E-state index is 2.33. The summed E-state index contributed by atoms with van der Waals surface area (Å²) in [6.45, 7) is 15.3. The van der Waals surface area contributed by atoms with Crippen LogP contribution in [-0.4, -0.2) is 30.7 Å². The summed E-state index contributed by atoms with van der Waals surface area (Å²) in [4.78, 5) is 0. The zero-order chi connectivity index (χ0) is 55.4. The molecular formula is C76H156BrN. The Morgan fingerprint density at radius 1 is 0.115 bits per heavy atom. The maximum atomic E-state index is 2.33. The highest BCUT2D eigenvalue weighted by molar-refractivity contribution is 4.58. The van der Waals surface area contributed by atoms with Gasteiger partial charge in [-0.15, -0.1) is 0 Å². The molecular weight excluding hydrogens is 1010 g/mol. The van der Waals surface area contributed by atoms with Crippen molar-refractivity contribution in [3.05, 3.63) is 0 Å². The first kappa shape index (κ1) is 80.5. The molecule has 0 N–H and O–H groups in total. The van der Waals surface area contributed by atoms with Crippen LogP contribution in [0.3, 0.4) is 0 Å². The molecule has 0 radical (unpaired) electrons. The fraction of sp³-hybridized carbons (Fsp3) is 1.00. The molecule has 0 bridgehead atoms. The van der Waals surface area contributed by atoms with Crippen molar-refractivity contribution in [1.82, 2.24) is 0 Å². The topological polar surface area (TPSA) is 0 Å². The molecule has 0 aromatic heterocycles. The van der Waals surface area contributed by atoms with E-state index in [9.17, 15) is 0 Å². The highest BCUT2D eigenvalue weighted by atomic mass is 79.9. The van der Waals surface area contributed by atoms with Crippen molar-refractivity contribution in [2.24, 2.45) is 0 Å². The van der Waals surface area contributed by atoms with Gasteiger partial charge in [0, 0.05) is 0 Å². The van der Waals surface area contributed by atoms with Crippen LogP contribution in [0, 0.1) is 0 Å². The SMILES string of the molecule is CCCCCCCCCCCCCCCCCCC[N+](CCCCCCCCCCCCCCCCCCC)(CCCCCCCCCCCCCCCCCCC)CCCCCCCCCCCCCCCCCCC.[Br-]. The molecule has 0 spiro atoms. The molecule has 0 aliphatic heterocycles. The monoisotopic (exact) mass is 1160 g/mol. The molecule has 0 rings (SSSR count). The summed E-state index contributed by atoms with van der Waals surface area (Å²) >= 11 is 0. The summed E-state index contributed by atoms with van der Waals surface area (Å²) in [5.74, 6) is 0. The molecule has 0 saturated heterocycles. The molecule has 0 atom stereocenters. The Morgan fingerprint density at radius 2 is 0.192 bits per heavy atom. The van der Waals surface area contributed by atoms with Gasteiger partial charge in [-0.2, -0.15) is 0 Å². The summed E-state index contributed by atoms with van der Waals surface area (Å²) in [6.07, 6.45) is 101. The first-order valence-electron chi connectivity index (χ1n) is 38.1. The van der Waals surface area contributed by atoms with Gasteiger partial charge in [-0.25, -0.2) is 0 Å². The predicted octanol–water partition coefficient (Wildman–Crippen LogP) is 25.4. The Kier molecular flexibility index (Phi) is 75.9. The fourth-order valence-electron chi connectivity index (χ4n) is 13.4. The van der Waals surface area contributed by atoms with Crippen LogP contribution in [-0.2, 0) is 0 Å². The van der Waals surface area contributed by atoms with Gasteiger partial charge in [-0.1, -0.05) is 413 Å². The van der Waals surface area contributed by atoms with E-state index in [0.717, 1.165) is 0 Å². The van der Waals surface area contributed by atoms with E-state index in [1.165, 1.54) is 467 Å². The van der Waals surface area contributed by atoms with Gasteiger partial charge in [0.1, 0.15) is 0 Å². The van der Waals surface area contributed by atoms with Gasteiger partial charge in [0.2, 0.25) is 0 Å². The lowest BCUT2D eigenvalue weighted by Gasteiger charge is -2.40. The molecule has 0 saturated carbocycles. The fourth-order valence-corrected chi connectivity index (χ4v) is 13.4. The van der Waals surface area contributed by atoms with Crippen LogP contribution in [0.15, 0.2) is 0 Å². The van der Waals surface area contributed by atoms with E-state index in [0.29, 0.717) is 0 Å². The van der Waals surface area contributed by atoms with Gasteiger partial charge in [0.15, 0.2) is 0 Å². The molecule has 472 valence electrons. The van der Waals surface area contributed by atoms with E-state index in [2.05, 4.69) is 27.7 Å². The minimum Gasteiger partial charge on any atom is -1.00 e. The Labute approximate surface area is 509 Å². The number of hydrogen-bond donors (Lipinski definition) is 0. The molecule has 0 amide bonds. The third-order valence-corrected chi connectivity index (χ3v) is 18.9. The van der Waals surface area contributed by atoms with Crippen molar-refractivity contribution >= 4 is 0 Å². The van der Waals surface area contributed by atoms with Crippen molar-refractivity contribution in [3.63, 3.8) is 0 Å². The number of quaternary nitrogens is 1. The van der Waals surface area contributed by atoms with Gasteiger partial charge in [-0.05, 0) is 51.4 Å². The molecule has 0 aliphatic carbocycles. The van der Waals surface area contributed by atoms with Crippen LogP contribution >= 0.6 is 0 Å². The molecule has 0 fully saturated rings. The van der Waals surface area contributed by atoms with Gasteiger partial charge in [0.05, 0.1) is 26.2 Å². The quantitative estimate of drug-likeness (QED) is 0.0421. The van der Waals surface area contributed by atoms with Crippen LogP contribution in [0.2, 0.25) is 0 Å². The molecule has 0 aromatic rings. The minimum atomic E-state index is 0. The molecule has 1 nitrogen and oxygen atoms in total. The molecule has 78 heavy (non-hydrogen) atoms. The van der Waals surface area contributed by atoms with Gasteiger partial charge in [-0.3, -0.25) is 0 Å². The molecule has 0 unspecified atom stereocenters. The van der Waals surface area contributed by atoms with Crippen molar-refractivity contribution in [2.75, 3.05) is 26.2 Å². The van der Waals surface area contributed by atoms with E-state index in [4.69, 9.17) is 0 Å². The van der Waals surface area contributed by atoms with Crippen molar-refractivity contribution < 1.29 is 21.5 Å². The largest absolute Gasteiger partial charge is 1.00 e. The highest BCUT2D eigenvalue weighted by Gasteiger charge is 2.26. The van der Waals surface area contributed by atoms with Crippen molar-refractivity contribution in [2.45, 2.75) is 464 Å². The Balaban J connectivity index is 0. The zero-order valence-corrected chi connectivity index (χ0v) is 57.3. The number of unbranched alkanes of at least 4 members (excludes halogenated alkanes) is 64. The lowest BCUT2D eigenvalue weighted by Crippen LogP contribution is -3.00. The van der Waals surface area contributed by atoms with Gasteiger partial charge in [0.25, 0.3) is 0 Å². The Morgan fingerprint density at radius 3 is 0.282 bits per heavy atom. The van der Waals surface area contributed by atoms with Gasteiger partial charge >= 0.3 is 0 Å². The van der Waals surface area contributed by atoms with Gasteiger partial charge < -0.3 is 21.5 Å². The van der Waals surface area contributed by atoms with E-state index >= 15 is 0 Å². The maximum Gasteiger partial charge on any atom is 0.0786 e. The average Bonchev–Trinajstić information content (AvgIpc) is 3.44. The minimum absolute atomic E-state index is 0. The van der Waals surface area contributed by atoms with Crippen LogP contribution in [0.4, 0.5) is 0 Å². The van der Waals surface area contributed by atoms with Crippen LogP contribution in [0.5, 0.6) is 0 Å². The van der Waals surface area contributed by atoms with E-state index in [1.54, 1.807) is 0 Å². The summed E-state index contributed by atoms with van der Waals surface area (Å²) in [7, 11) is 0. The van der Waals surface area contributed by atoms with E-state index < -0.39 is 0 Å².